The van der Waals surface area contributed by atoms with Crippen LogP contribution in [0.4, 0.5) is 18.9 Å². The van der Waals surface area contributed by atoms with Crippen LogP contribution in [0.1, 0.15) is 21.9 Å². The van der Waals surface area contributed by atoms with Gasteiger partial charge in [0.2, 0.25) is 10.0 Å². The average molecular weight is 504 g/mol. The van der Waals surface area contributed by atoms with Crippen LogP contribution >= 0.6 is 11.6 Å². The fraction of sp³-hybridized carbons (Fsp3) is 0.316. The zero-order valence-corrected chi connectivity index (χ0v) is 18.6. The first kappa shape index (κ1) is 23.4. The number of benzene rings is 1. The molecule has 33 heavy (non-hydrogen) atoms. The number of nitrogens with one attached hydrogen (secondary N) is 1. The zero-order valence-electron chi connectivity index (χ0n) is 17.1. The summed E-state index contributed by atoms with van der Waals surface area (Å²) in [6.45, 7) is 2.45. The van der Waals surface area contributed by atoms with Crippen molar-refractivity contribution in [2.45, 2.75) is 18.0 Å². The number of hydrogen-bond acceptors (Lipinski definition) is 6. The van der Waals surface area contributed by atoms with E-state index in [0.717, 1.165) is 6.07 Å². The molecule has 0 unspecified atom stereocenters. The maximum absolute atomic E-state index is 13.4. The van der Waals surface area contributed by atoms with Crippen molar-refractivity contribution in [3.63, 3.8) is 0 Å². The third kappa shape index (κ3) is 4.53. The van der Waals surface area contributed by atoms with E-state index in [4.69, 9.17) is 16.3 Å². The molecule has 1 aromatic carbocycles. The second-order valence-electron chi connectivity index (χ2n) is 7.17. The van der Waals surface area contributed by atoms with Crippen LogP contribution in [0.3, 0.4) is 0 Å². The Morgan fingerprint density at radius 2 is 1.82 bits per heavy atom. The van der Waals surface area contributed by atoms with E-state index < -0.39 is 33.5 Å². The number of ether oxygens (including phenoxy) is 1. The maximum Gasteiger partial charge on any atom is 0.433 e. The molecule has 1 N–H and O–H groups in total. The number of carbonyl (C=O) groups is 1. The number of morpholine rings is 1. The topological polar surface area (TPSA) is 106 Å². The number of anilines is 1. The lowest BCUT2D eigenvalue weighted by Gasteiger charge is -2.26. The average Bonchev–Trinajstić information content (AvgIpc) is 3.10. The Morgan fingerprint density at radius 1 is 1.18 bits per heavy atom. The largest absolute Gasteiger partial charge is 0.433 e. The molecular weight excluding hydrogens is 487 g/mol. The minimum absolute atomic E-state index is 0.0302. The lowest BCUT2D eigenvalue weighted by atomic mass is 10.3. The van der Waals surface area contributed by atoms with E-state index in [0.29, 0.717) is 17.7 Å². The van der Waals surface area contributed by atoms with E-state index in [9.17, 15) is 26.4 Å². The monoisotopic (exact) mass is 503 g/mol. The predicted octanol–water partition coefficient (Wildman–Crippen LogP) is 2.98. The van der Waals surface area contributed by atoms with Crippen molar-refractivity contribution in [3.8, 4) is 0 Å². The van der Waals surface area contributed by atoms with Gasteiger partial charge in [-0.3, -0.25) is 4.79 Å². The molecule has 0 radical (unpaired) electrons. The fourth-order valence-electron chi connectivity index (χ4n) is 3.30. The summed E-state index contributed by atoms with van der Waals surface area (Å²) in [4.78, 5) is 16.6. The van der Waals surface area contributed by atoms with E-state index in [1.54, 1.807) is 0 Å². The number of alkyl halides is 3. The summed E-state index contributed by atoms with van der Waals surface area (Å²) in [6.07, 6.45) is -4.74. The summed E-state index contributed by atoms with van der Waals surface area (Å²) < 4.78 is 72.4. The Balaban J connectivity index is 1.59. The van der Waals surface area contributed by atoms with Gasteiger partial charge in [0.25, 0.3) is 5.91 Å². The highest BCUT2D eigenvalue weighted by molar-refractivity contribution is 7.89. The van der Waals surface area contributed by atoms with Gasteiger partial charge >= 0.3 is 6.18 Å². The quantitative estimate of drug-likeness (QED) is 0.587. The highest BCUT2D eigenvalue weighted by Gasteiger charge is 2.36. The van der Waals surface area contributed by atoms with Gasteiger partial charge in [0, 0.05) is 24.5 Å². The standard InChI is InChI=1S/C19H17ClF3N5O4S/c1-11-10-14(19(21,22)23)28-17(24-11)15(20)16(26-28)18(29)25-12-2-4-13(5-3-12)33(30,31)27-6-8-32-9-7-27/h2-5,10H,6-9H2,1H3,(H,25,29). The molecule has 1 saturated heterocycles. The van der Waals surface area contributed by atoms with Crippen LogP contribution in [0, 0.1) is 6.92 Å². The van der Waals surface area contributed by atoms with Crippen molar-refractivity contribution >= 4 is 38.9 Å². The predicted molar refractivity (Wildman–Crippen MR) is 112 cm³/mol. The lowest BCUT2D eigenvalue weighted by molar-refractivity contribution is -0.142. The number of hydrogen-bond donors (Lipinski definition) is 1. The lowest BCUT2D eigenvalue weighted by Crippen LogP contribution is -2.40. The summed E-state index contributed by atoms with van der Waals surface area (Å²) in [6, 6.07) is 6.15. The van der Waals surface area contributed by atoms with Crippen LogP contribution in [0.2, 0.25) is 5.02 Å². The van der Waals surface area contributed by atoms with E-state index >= 15 is 0 Å². The molecule has 4 rings (SSSR count). The molecule has 1 fully saturated rings. The van der Waals surface area contributed by atoms with Crippen molar-refractivity contribution in [2.75, 3.05) is 31.6 Å². The molecule has 1 aliphatic heterocycles. The van der Waals surface area contributed by atoms with E-state index in [2.05, 4.69) is 15.4 Å². The summed E-state index contributed by atoms with van der Waals surface area (Å²) in [7, 11) is -3.72. The minimum atomic E-state index is -4.74. The Labute approximate surface area is 191 Å². The second-order valence-corrected chi connectivity index (χ2v) is 9.49. The second kappa shape index (κ2) is 8.56. The highest BCUT2D eigenvalue weighted by Crippen LogP contribution is 2.32. The number of amides is 1. The number of nitrogens with zero attached hydrogens (tertiary/aromatic N) is 4. The van der Waals surface area contributed by atoms with Gasteiger partial charge in [0.05, 0.1) is 18.1 Å². The van der Waals surface area contributed by atoms with Crippen LogP contribution in [-0.2, 0) is 20.9 Å². The molecule has 0 atom stereocenters. The number of aryl methyl sites for hydroxylation is 1. The molecule has 0 spiro atoms. The SMILES string of the molecule is Cc1cc(C(F)(F)F)n2nc(C(=O)Nc3ccc(S(=O)(=O)N4CCOCC4)cc3)c(Cl)c2n1. The zero-order chi connectivity index (χ0) is 24.0. The number of carbonyl (C=O) groups excluding carboxylic acids is 1. The minimum Gasteiger partial charge on any atom is -0.379 e. The van der Waals surface area contributed by atoms with E-state index in [-0.39, 0.29) is 40.0 Å². The summed E-state index contributed by atoms with van der Waals surface area (Å²) in [5.41, 5.74) is -1.62. The van der Waals surface area contributed by atoms with Gasteiger partial charge in [0.1, 0.15) is 10.7 Å². The van der Waals surface area contributed by atoms with Crippen molar-refractivity contribution in [1.82, 2.24) is 18.9 Å². The van der Waals surface area contributed by atoms with Gasteiger partial charge in [0.15, 0.2) is 11.3 Å². The molecular formula is C19H17ClF3N5O4S. The Bertz CT molecular complexity index is 1320. The molecule has 3 aromatic rings. The van der Waals surface area contributed by atoms with Crippen molar-refractivity contribution < 1.29 is 31.1 Å². The first-order valence-corrected chi connectivity index (χ1v) is 11.4. The number of aromatic nitrogens is 3. The molecule has 0 aliphatic carbocycles. The van der Waals surface area contributed by atoms with Gasteiger partial charge in [-0.2, -0.15) is 22.6 Å². The Kier molecular flexibility index (Phi) is 6.07. The van der Waals surface area contributed by atoms with Crippen LogP contribution in [0.25, 0.3) is 5.65 Å². The molecule has 2 aromatic heterocycles. The smallest absolute Gasteiger partial charge is 0.379 e. The molecule has 0 saturated carbocycles. The van der Waals surface area contributed by atoms with Gasteiger partial charge in [-0.1, -0.05) is 11.6 Å². The molecule has 0 bridgehead atoms. The van der Waals surface area contributed by atoms with Crippen LogP contribution in [0.5, 0.6) is 0 Å². The number of sulfonamides is 1. The molecule has 3 heterocycles. The molecule has 1 amide bonds. The third-order valence-corrected chi connectivity index (χ3v) is 7.15. The fourth-order valence-corrected chi connectivity index (χ4v) is 4.95. The number of rotatable bonds is 4. The maximum atomic E-state index is 13.4. The molecule has 176 valence electrons. The molecule has 14 heteroatoms. The summed E-state index contributed by atoms with van der Waals surface area (Å²) in [5, 5.41) is 5.82. The van der Waals surface area contributed by atoms with Gasteiger partial charge in [-0.15, -0.1) is 0 Å². The number of fused-ring (bicyclic) bond motifs is 1. The normalized spacial score (nSPS) is 15.7. The molecule has 1 aliphatic rings. The summed E-state index contributed by atoms with van der Waals surface area (Å²) in [5.74, 6) is -0.875. The number of halogens is 4. The van der Waals surface area contributed by atoms with E-state index in [1.807, 2.05) is 0 Å². The van der Waals surface area contributed by atoms with Gasteiger partial charge < -0.3 is 10.1 Å². The summed E-state index contributed by atoms with van der Waals surface area (Å²) >= 11 is 6.11. The highest BCUT2D eigenvalue weighted by atomic mass is 35.5. The van der Waals surface area contributed by atoms with Crippen LogP contribution < -0.4 is 5.32 Å². The third-order valence-electron chi connectivity index (χ3n) is 4.89. The van der Waals surface area contributed by atoms with Crippen molar-refractivity contribution in [3.05, 3.63) is 52.4 Å². The van der Waals surface area contributed by atoms with Crippen LogP contribution in [0.15, 0.2) is 35.2 Å². The van der Waals surface area contributed by atoms with Crippen molar-refractivity contribution in [1.29, 1.82) is 0 Å². The Morgan fingerprint density at radius 3 is 2.42 bits per heavy atom. The first-order valence-electron chi connectivity index (χ1n) is 9.61. The van der Waals surface area contributed by atoms with Gasteiger partial charge in [-0.05, 0) is 37.3 Å². The Hall–Kier alpha value is -2.74. The first-order chi connectivity index (χ1) is 15.5. The van der Waals surface area contributed by atoms with E-state index in [1.165, 1.54) is 35.5 Å². The van der Waals surface area contributed by atoms with Crippen molar-refractivity contribution in [2.24, 2.45) is 0 Å². The molecule has 9 nitrogen and oxygen atoms in total. The van der Waals surface area contributed by atoms with Gasteiger partial charge in [-0.25, -0.2) is 17.9 Å². The van der Waals surface area contributed by atoms with Crippen LogP contribution in [-0.4, -0.2) is 59.5 Å².